The van der Waals surface area contributed by atoms with E-state index in [9.17, 15) is 9.90 Å². The Bertz CT molecular complexity index is 618. The third-order valence-corrected chi connectivity index (χ3v) is 3.54. The molecule has 2 aromatic rings. The van der Waals surface area contributed by atoms with Gasteiger partial charge in [0.15, 0.2) is 0 Å². The maximum absolute atomic E-state index is 12.2. The zero-order valence-corrected chi connectivity index (χ0v) is 11.4. The molecule has 1 aliphatic rings. The summed E-state index contributed by atoms with van der Waals surface area (Å²) < 4.78 is 1.78. The Labute approximate surface area is 117 Å². The summed E-state index contributed by atoms with van der Waals surface area (Å²) in [6.45, 7) is 3.04. The summed E-state index contributed by atoms with van der Waals surface area (Å²) in [5.41, 5.74) is 2.67. The van der Waals surface area contributed by atoms with Crippen molar-refractivity contribution in [2.75, 3.05) is 13.1 Å². The third-order valence-electron chi connectivity index (χ3n) is 3.54. The number of aryl methyl sites for hydroxylation is 1. The summed E-state index contributed by atoms with van der Waals surface area (Å²) in [7, 11) is 0. The Kier molecular flexibility index (Phi) is 3.28. The van der Waals surface area contributed by atoms with Crippen LogP contribution in [0, 0.1) is 6.92 Å². The van der Waals surface area contributed by atoms with Crippen LogP contribution in [0.1, 0.15) is 22.3 Å². The van der Waals surface area contributed by atoms with Crippen LogP contribution in [0.25, 0.3) is 5.69 Å². The van der Waals surface area contributed by atoms with Crippen LogP contribution in [-0.4, -0.2) is 44.9 Å². The smallest absolute Gasteiger partial charge is 0.253 e. The number of hydrogen-bond donors (Lipinski definition) is 1. The fourth-order valence-corrected chi connectivity index (χ4v) is 2.42. The zero-order valence-electron chi connectivity index (χ0n) is 11.4. The average Bonchev–Trinajstić information content (AvgIpc) is 3.07. The van der Waals surface area contributed by atoms with Crippen LogP contribution in [0.3, 0.4) is 0 Å². The highest BCUT2D eigenvalue weighted by atomic mass is 16.3. The minimum Gasteiger partial charge on any atom is -0.391 e. The Morgan fingerprint density at radius 2 is 2.10 bits per heavy atom. The summed E-state index contributed by atoms with van der Waals surface area (Å²) in [6.07, 6.45) is 4.01. The van der Waals surface area contributed by atoms with Gasteiger partial charge >= 0.3 is 0 Å². The third kappa shape index (κ3) is 2.44. The van der Waals surface area contributed by atoms with Crippen molar-refractivity contribution in [1.29, 1.82) is 0 Å². The van der Waals surface area contributed by atoms with E-state index in [4.69, 9.17) is 0 Å². The van der Waals surface area contributed by atoms with Gasteiger partial charge in [0, 0.05) is 24.8 Å². The standard InChI is InChI=1S/C15H17N3O2/c1-11-8-16-18(9-11)13-4-2-12(3-5-13)15(20)17-7-6-14(19)10-17/h2-5,8-9,14,19H,6-7,10H2,1H3/t14-/m0/s1. The molecule has 1 saturated heterocycles. The van der Waals surface area contributed by atoms with Crippen molar-refractivity contribution in [3.05, 3.63) is 47.8 Å². The van der Waals surface area contributed by atoms with E-state index in [-0.39, 0.29) is 12.0 Å². The second-order valence-corrected chi connectivity index (χ2v) is 5.20. The Morgan fingerprint density at radius 3 is 2.65 bits per heavy atom. The lowest BCUT2D eigenvalue weighted by atomic mass is 10.2. The molecule has 5 heteroatoms. The molecule has 1 aliphatic heterocycles. The lowest BCUT2D eigenvalue weighted by Crippen LogP contribution is -2.29. The average molecular weight is 271 g/mol. The predicted octanol–water partition coefficient (Wildman–Crippen LogP) is 1.39. The Balaban J connectivity index is 1.77. The number of nitrogens with zero attached hydrogens (tertiary/aromatic N) is 3. The first-order chi connectivity index (χ1) is 9.63. The maximum atomic E-state index is 12.2. The van der Waals surface area contributed by atoms with Crippen LogP contribution in [-0.2, 0) is 0 Å². The van der Waals surface area contributed by atoms with Gasteiger partial charge in [0.1, 0.15) is 0 Å². The van der Waals surface area contributed by atoms with Crippen molar-refractivity contribution in [1.82, 2.24) is 14.7 Å². The molecule has 1 N–H and O–H groups in total. The summed E-state index contributed by atoms with van der Waals surface area (Å²) in [4.78, 5) is 13.9. The van der Waals surface area contributed by atoms with Gasteiger partial charge in [-0.3, -0.25) is 4.79 Å². The number of aliphatic hydroxyl groups excluding tert-OH is 1. The van der Waals surface area contributed by atoms with E-state index in [1.165, 1.54) is 0 Å². The van der Waals surface area contributed by atoms with Gasteiger partial charge in [0.05, 0.1) is 18.0 Å². The van der Waals surface area contributed by atoms with Crippen LogP contribution in [0.15, 0.2) is 36.7 Å². The molecule has 0 bridgehead atoms. The zero-order chi connectivity index (χ0) is 14.1. The van der Waals surface area contributed by atoms with Crippen LogP contribution >= 0.6 is 0 Å². The molecular formula is C15H17N3O2. The fourth-order valence-electron chi connectivity index (χ4n) is 2.42. The quantitative estimate of drug-likeness (QED) is 0.898. The molecule has 0 unspecified atom stereocenters. The summed E-state index contributed by atoms with van der Waals surface area (Å²) in [5.74, 6) is -0.0234. The molecule has 0 radical (unpaired) electrons. The molecule has 1 amide bonds. The van der Waals surface area contributed by atoms with Crippen LogP contribution in [0.5, 0.6) is 0 Å². The number of aromatic nitrogens is 2. The molecule has 104 valence electrons. The van der Waals surface area contributed by atoms with E-state index in [0.29, 0.717) is 25.1 Å². The van der Waals surface area contributed by atoms with Gasteiger partial charge in [0.2, 0.25) is 0 Å². The number of rotatable bonds is 2. The first-order valence-electron chi connectivity index (χ1n) is 6.72. The van der Waals surface area contributed by atoms with Crippen molar-refractivity contribution < 1.29 is 9.90 Å². The number of hydrogen-bond acceptors (Lipinski definition) is 3. The number of carbonyl (C=O) groups excluding carboxylic acids is 1. The summed E-state index contributed by atoms with van der Waals surface area (Å²) in [6, 6.07) is 7.37. The molecule has 0 aliphatic carbocycles. The van der Waals surface area contributed by atoms with E-state index in [1.54, 1.807) is 27.9 Å². The summed E-state index contributed by atoms with van der Waals surface area (Å²) in [5, 5.41) is 13.7. The van der Waals surface area contributed by atoms with Crippen molar-refractivity contribution in [3.63, 3.8) is 0 Å². The van der Waals surface area contributed by atoms with Gasteiger partial charge in [-0.15, -0.1) is 0 Å². The highest BCUT2D eigenvalue weighted by molar-refractivity contribution is 5.94. The van der Waals surface area contributed by atoms with Crippen molar-refractivity contribution >= 4 is 5.91 Å². The Hall–Kier alpha value is -2.14. The molecule has 2 heterocycles. The number of likely N-dealkylation sites (tertiary alicyclic amines) is 1. The van der Waals surface area contributed by atoms with E-state index in [2.05, 4.69) is 5.10 Å². The summed E-state index contributed by atoms with van der Waals surface area (Å²) >= 11 is 0. The predicted molar refractivity (Wildman–Crippen MR) is 74.8 cm³/mol. The van der Waals surface area contributed by atoms with E-state index >= 15 is 0 Å². The number of aliphatic hydroxyl groups is 1. The fraction of sp³-hybridized carbons (Fsp3) is 0.333. The van der Waals surface area contributed by atoms with E-state index in [0.717, 1.165) is 11.3 Å². The van der Waals surface area contributed by atoms with Crippen molar-refractivity contribution in [2.45, 2.75) is 19.4 Å². The van der Waals surface area contributed by atoms with Crippen molar-refractivity contribution in [3.8, 4) is 5.69 Å². The number of carbonyl (C=O) groups is 1. The second-order valence-electron chi connectivity index (χ2n) is 5.20. The minimum atomic E-state index is -0.384. The van der Waals surface area contributed by atoms with Gasteiger partial charge in [-0.25, -0.2) is 4.68 Å². The molecule has 0 saturated carbocycles. The first-order valence-corrected chi connectivity index (χ1v) is 6.72. The SMILES string of the molecule is Cc1cnn(-c2ccc(C(=O)N3CC[C@H](O)C3)cc2)c1. The van der Waals surface area contributed by atoms with Gasteiger partial charge < -0.3 is 10.0 Å². The molecular weight excluding hydrogens is 254 g/mol. The number of amides is 1. The lowest BCUT2D eigenvalue weighted by molar-refractivity contribution is 0.0765. The lowest BCUT2D eigenvalue weighted by Gasteiger charge is -2.15. The van der Waals surface area contributed by atoms with Gasteiger partial charge in [0.25, 0.3) is 5.91 Å². The number of β-amino-alcohol motifs (C(OH)–C–C–N with tert-alkyl or cyclic N) is 1. The van der Waals surface area contributed by atoms with E-state index < -0.39 is 0 Å². The minimum absolute atomic E-state index is 0.0234. The van der Waals surface area contributed by atoms with E-state index in [1.807, 2.05) is 25.3 Å². The largest absolute Gasteiger partial charge is 0.391 e. The highest BCUT2D eigenvalue weighted by Gasteiger charge is 2.25. The molecule has 1 aromatic carbocycles. The highest BCUT2D eigenvalue weighted by Crippen LogP contribution is 2.15. The molecule has 5 nitrogen and oxygen atoms in total. The molecule has 1 aromatic heterocycles. The van der Waals surface area contributed by atoms with Crippen LogP contribution < -0.4 is 0 Å². The molecule has 3 rings (SSSR count). The van der Waals surface area contributed by atoms with Gasteiger partial charge in [-0.05, 0) is 43.2 Å². The molecule has 20 heavy (non-hydrogen) atoms. The van der Waals surface area contributed by atoms with Gasteiger partial charge in [-0.2, -0.15) is 5.10 Å². The topological polar surface area (TPSA) is 58.4 Å². The van der Waals surface area contributed by atoms with Gasteiger partial charge in [-0.1, -0.05) is 0 Å². The van der Waals surface area contributed by atoms with Crippen molar-refractivity contribution in [2.24, 2.45) is 0 Å². The molecule has 0 spiro atoms. The Morgan fingerprint density at radius 1 is 1.35 bits per heavy atom. The first kappa shape index (κ1) is 12.9. The normalized spacial score (nSPS) is 18.5. The monoisotopic (exact) mass is 271 g/mol. The number of benzene rings is 1. The molecule has 1 atom stereocenters. The molecule has 1 fully saturated rings. The second kappa shape index (κ2) is 5.09. The van der Waals surface area contributed by atoms with Crippen LogP contribution in [0.4, 0.5) is 0 Å². The maximum Gasteiger partial charge on any atom is 0.253 e. The van der Waals surface area contributed by atoms with Crippen LogP contribution in [0.2, 0.25) is 0 Å².